The fraction of sp³-hybridized carbons (Fsp3) is 0.214. The molecule has 0 radical (unpaired) electrons. The number of amides is 1. The highest BCUT2D eigenvalue weighted by Crippen LogP contribution is 2.24. The highest BCUT2D eigenvalue weighted by atomic mass is 16.2. The zero-order valence-electron chi connectivity index (χ0n) is 10.2. The first-order chi connectivity index (χ1) is 8.79. The van der Waals surface area contributed by atoms with E-state index in [1.807, 2.05) is 30.3 Å². The van der Waals surface area contributed by atoms with Crippen LogP contribution in [0.4, 0.5) is 0 Å². The van der Waals surface area contributed by atoms with E-state index < -0.39 is 0 Å². The zero-order valence-corrected chi connectivity index (χ0v) is 10.2. The molecule has 2 aliphatic rings. The van der Waals surface area contributed by atoms with Crippen molar-refractivity contribution < 1.29 is 4.79 Å². The smallest absolute Gasteiger partial charge is 0.268 e. The molecule has 18 heavy (non-hydrogen) atoms. The van der Waals surface area contributed by atoms with Crippen molar-refractivity contribution in [1.82, 2.24) is 15.8 Å². The minimum atomic E-state index is -0.0222. The van der Waals surface area contributed by atoms with E-state index in [1.54, 1.807) is 11.1 Å². The van der Waals surface area contributed by atoms with Crippen molar-refractivity contribution in [2.45, 2.75) is 13.3 Å². The summed E-state index contributed by atoms with van der Waals surface area (Å²) in [7, 11) is 0. The monoisotopic (exact) mass is 241 g/mol. The van der Waals surface area contributed by atoms with E-state index in [9.17, 15) is 4.79 Å². The summed E-state index contributed by atoms with van der Waals surface area (Å²) in [5, 5.41) is 4.93. The molecular formula is C14H15N3O. The molecule has 3 rings (SSSR count). The van der Waals surface area contributed by atoms with Crippen molar-refractivity contribution in [1.29, 1.82) is 0 Å². The Morgan fingerprint density at radius 2 is 2.06 bits per heavy atom. The van der Waals surface area contributed by atoms with Crippen LogP contribution < -0.4 is 10.7 Å². The van der Waals surface area contributed by atoms with E-state index >= 15 is 0 Å². The molecule has 0 fully saturated rings. The Morgan fingerprint density at radius 1 is 1.28 bits per heavy atom. The van der Waals surface area contributed by atoms with Gasteiger partial charge in [0.1, 0.15) is 5.82 Å². The predicted octanol–water partition coefficient (Wildman–Crippen LogP) is 1.60. The number of hydrogen-bond donors (Lipinski definition) is 2. The maximum absolute atomic E-state index is 12.0. The lowest BCUT2D eigenvalue weighted by molar-refractivity contribution is -0.126. The molecule has 0 saturated carbocycles. The Morgan fingerprint density at radius 3 is 2.78 bits per heavy atom. The lowest BCUT2D eigenvalue weighted by atomic mass is 10.1. The van der Waals surface area contributed by atoms with Gasteiger partial charge < -0.3 is 5.32 Å². The number of carbonyl (C=O) groups is 1. The highest BCUT2D eigenvalue weighted by Gasteiger charge is 2.30. The van der Waals surface area contributed by atoms with Gasteiger partial charge in [-0.1, -0.05) is 37.3 Å². The predicted molar refractivity (Wildman–Crippen MR) is 69.7 cm³/mol. The van der Waals surface area contributed by atoms with E-state index in [-0.39, 0.29) is 5.91 Å². The van der Waals surface area contributed by atoms with Crippen LogP contribution >= 0.6 is 0 Å². The van der Waals surface area contributed by atoms with Gasteiger partial charge >= 0.3 is 0 Å². The molecule has 4 nitrogen and oxygen atoms in total. The maximum atomic E-state index is 12.0. The van der Waals surface area contributed by atoms with Gasteiger partial charge in [-0.15, -0.1) is 0 Å². The summed E-state index contributed by atoms with van der Waals surface area (Å²) >= 11 is 0. The first kappa shape index (κ1) is 11.0. The van der Waals surface area contributed by atoms with Crippen LogP contribution in [0.15, 0.2) is 47.8 Å². The van der Waals surface area contributed by atoms with Gasteiger partial charge in [0, 0.05) is 12.6 Å². The number of nitrogens with one attached hydrogen (secondary N) is 2. The second kappa shape index (κ2) is 4.31. The van der Waals surface area contributed by atoms with Gasteiger partial charge in [0.25, 0.3) is 5.91 Å². The standard InChI is InChI=1S/C14H15N3O/c1-2-10-9-15-17-13(18)8-12(16-14(10)17)11-6-4-3-5-7-11/h3-8,15-16H,2,9H2,1H3. The summed E-state index contributed by atoms with van der Waals surface area (Å²) in [6, 6.07) is 9.90. The Labute approximate surface area is 106 Å². The molecule has 92 valence electrons. The van der Waals surface area contributed by atoms with Crippen LogP contribution in [0.2, 0.25) is 0 Å². The number of carbonyl (C=O) groups excluding carboxylic acids is 1. The van der Waals surface area contributed by atoms with E-state index in [2.05, 4.69) is 17.7 Å². The molecule has 2 heterocycles. The molecule has 0 spiro atoms. The summed E-state index contributed by atoms with van der Waals surface area (Å²) in [5.41, 5.74) is 6.20. The Bertz CT molecular complexity index is 545. The summed E-state index contributed by atoms with van der Waals surface area (Å²) in [6.45, 7) is 2.83. The molecule has 4 heteroatoms. The summed E-state index contributed by atoms with van der Waals surface area (Å²) in [6.07, 6.45) is 2.56. The third kappa shape index (κ3) is 1.71. The first-order valence-electron chi connectivity index (χ1n) is 6.13. The Hall–Kier alpha value is -2.07. The van der Waals surface area contributed by atoms with Crippen molar-refractivity contribution in [2.75, 3.05) is 6.54 Å². The third-order valence-electron chi connectivity index (χ3n) is 3.26. The van der Waals surface area contributed by atoms with Gasteiger partial charge in [-0.05, 0) is 17.6 Å². The highest BCUT2D eigenvalue weighted by molar-refractivity contribution is 5.98. The molecule has 2 aliphatic heterocycles. The van der Waals surface area contributed by atoms with Crippen LogP contribution in [0.5, 0.6) is 0 Å². The number of rotatable bonds is 2. The fourth-order valence-corrected chi connectivity index (χ4v) is 2.25. The molecule has 0 bridgehead atoms. The third-order valence-corrected chi connectivity index (χ3v) is 3.26. The van der Waals surface area contributed by atoms with E-state index in [1.165, 1.54) is 5.57 Å². The second-order valence-electron chi connectivity index (χ2n) is 4.36. The summed E-state index contributed by atoms with van der Waals surface area (Å²) < 4.78 is 0. The topological polar surface area (TPSA) is 44.4 Å². The Kier molecular flexibility index (Phi) is 2.64. The van der Waals surface area contributed by atoms with Crippen LogP contribution in [0.1, 0.15) is 18.9 Å². The van der Waals surface area contributed by atoms with Crippen LogP contribution in [0.25, 0.3) is 5.70 Å². The maximum Gasteiger partial charge on any atom is 0.268 e. The van der Waals surface area contributed by atoms with Gasteiger partial charge in [-0.2, -0.15) is 0 Å². The van der Waals surface area contributed by atoms with Crippen LogP contribution in [0.3, 0.4) is 0 Å². The molecule has 2 N–H and O–H groups in total. The van der Waals surface area contributed by atoms with Crippen molar-refractivity contribution in [3.05, 3.63) is 53.4 Å². The largest absolute Gasteiger partial charge is 0.340 e. The molecule has 1 amide bonds. The van der Waals surface area contributed by atoms with E-state index in [4.69, 9.17) is 0 Å². The number of fused-ring (bicyclic) bond motifs is 1. The van der Waals surface area contributed by atoms with Gasteiger partial charge in [-0.25, -0.2) is 10.4 Å². The normalized spacial score (nSPS) is 18.6. The molecule has 1 aromatic rings. The van der Waals surface area contributed by atoms with Crippen molar-refractivity contribution in [3.63, 3.8) is 0 Å². The number of hydrazine groups is 1. The molecule has 1 aromatic carbocycles. The number of nitrogens with zero attached hydrogens (tertiary/aromatic N) is 1. The van der Waals surface area contributed by atoms with Gasteiger partial charge in [0.2, 0.25) is 0 Å². The minimum Gasteiger partial charge on any atom is -0.340 e. The first-order valence-corrected chi connectivity index (χ1v) is 6.13. The van der Waals surface area contributed by atoms with Gasteiger partial charge in [0.15, 0.2) is 0 Å². The van der Waals surface area contributed by atoms with E-state index in [0.29, 0.717) is 0 Å². The lowest BCUT2D eigenvalue weighted by Gasteiger charge is -2.26. The van der Waals surface area contributed by atoms with Crippen molar-refractivity contribution in [2.24, 2.45) is 0 Å². The molecule has 0 unspecified atom stereocenters. The Balaban J connectivity index is 2.00. The number of hydrogen-bond acceptors (Lipinski definition) is 3. The average Bonchev–Trinajstić information content (AvgIpc) is 2.83. The molecule has 0 saturated heterocycles. The molecule has 0 atom stereocenters. The quantitative estimate of drug-likeness (QED) is 0.826. The fourth-order valence-electron chi connectivity index (χ4n) is 2.25. The van der Waals surface area contributed by atoms with Gasteiger partial charge in [-0.3, -0.25) is 4.79 Å². The molecular weight excluding hydrogens is 226 g/mol. The van der Waals surface area contributed by atoms with Crippen LogP contribution in [-0.4, -0.2) is 17.5 Å². The molecule has 0 aliphatic carbocycles. The zero-order chi connectivity index (χ0) is 12.5. The number of benzene rings is 1. The summed E-state index contributed by atoms with van der Waals surface area (Å²) in [4.78, 5) is 12.0. The molecule has 0 aromatic heterocycles. The van der Waals surface area contributed by atoms with Crippen molar-refractivity contribution >= 4 is 11.6 Å². The second-order valence-corrected chi connectivity index (χ2v) is 4.36. The van der Waals surface area contributed by atoms with Crippen molar-refractivity contribution in [3.8, 4) is 0 Å². The SMILES string of the molecule is CCC1=C2NC(c3ccccc3)=CC(=O)N2NC1. The average molecular weight is 241 g/mol. The summed E-state index contributed by atoms with van der Waals surface area (Å²) in [5.74, 6) is 0.870. The minimum absolute atomic E-state index is 0.0222. The van der Waals surface area contributed by atoms with Gasteiger partial charge in [0.05, 0.1) is 5.70 Å². The van der Waals surface area contributed by atoms with Crippen LogP contribution in [0, 0.1) is 0 Å². The lowest BCUT2D eigenvalue weighted by Crippen LogP contribution is -2.43. The van der Waals surface area contributed by atoms with Crippen LogP contribution in [-0.2, 0) is 4.79 Å². The van der Waals surface area contributed by atoms with E-state index in [0.717, 1.165) is 30.0 Å².